The molecule has 1 aromatic heterocycles. The minimum absolute atomic E-state index is 0.0327. The van der Waals surface area contributed by atoms with Crippen LogP contribution < -0.4 is 10.6 Å². The van der Waals surface area contributed by atoms with Gasteiger partial charge in [-0.3, -0.25) is 4.79 Å². The Morgan fingerprint density at radius 3 is 3.11 bits per heavy atom. The predicted octanol–water partition coefficient (Wildman–Crippen LogP) is 0.941. The van der Waals surface area contributed by atoms with Crippen LogP contribution in [0.25, 0.3) is 11.0 Å². The number of benzene rings is 1. The van der Waals surface area contributed by atoms with E-state index in [9.17, 15) is 4.79 Å². The lowest BCUT2D eigenvalue weighted by molar-refractivity contribution is -0.123. The van der Waals surface area contributed by atoms with Gasteiger partial charge in [-0.2, -0.15) is 0 Å². The number of hydrogen-bond acceptors (Lipinski definition) is 3. The number of imidazole rings is 1. The molecule has 100 valence electrons. The molecule has 3 rings (SSSR count). The van der Waals surface area contributed by atoms with Gasteiger partial charge < -0.3 is 15.2 Å². The van der Waals surface area contributed by atoms with Crippen molar-refractivity contribution in [1.29, 1.82) is 0 Å². The minimum atomic E-state index is -0.0327. The Morgan fingerprint density at radius 1 is 1.53 bits per heavy atom. The number of aryl methyl sites for hydroxylation is 1. The van der Waals surface area contributed by atoms with Gasteiger partial charge in [0.15, 0.2) is 0 Å². The number of nitrogens with zero attached hydrogens (tertiary/aromatic N) is 2. The van der Waals surface area contributed by atoms with Gasteiger partial charge in [-0.1, -0.05) is 12.1 Å². The molecular formula is C14H18N4O. The van der Waals surface area contributed by atoms with E-state index in [-0.39, 0.29) is 11.9 Å². The lowest BCUT2D eigenvalue weighted by Crippen LogP contribution is -2.40. The van der Waals surface area contributed by atoms with Crippen LogP contribution >= 0.6 is 0 Å². The molecule has 19 heavy (non-hydrogen) atoms. The van der Waals surface area contributed by atoms with E-state index in [2.05, 4.69) is 15.6 Å². The van der Waals surface area contributed by atoms with Crippen LogP contribution in [0.4, 0.5) is 0 Å². The van der Waals surface area contributed by atoms with Crippen LogP contribution in [0.15, 0.2) is 24.3 Å². The highest BCUT2D eigenvalue weighted by atomic mass is 16.2. The molecule has 0 saturated carbocycles. The largest absolute Gasteiger partial charge is 0.348 e. The fourth-order valence-electron chi connectivity index (χ4n) is 2.55. The number of aromatic nitrogens is 2. The first-order valence-electron chi connectivity index (χ1n) is 6.67. The summed E-state index contributed by atoms with van der Waals surface area (Å²) < 4.78 is 2.03. The van der Waals surface area contributed by atoms with Gasteiger partial charge in [-0.05, 0) is 31.5 Å². The molecule has 2 heterocycles. The monoisotopic (exact) mass is 258 g/mol. The number of fused-ring (bicyclic) bond motifs is 1. The number of carbonyl (C=O) groups is 1. The van der Waals surface area contributed by atoms with Crippen molar-refractivity contribution in [3.05, 3.63) is 30.1 Å². The number of rotatable bonds is 3. The molecule has 0 bridgehead atoms. The summed E-state index contributed by atoms with van der Waals surface area (Å²) in [5.74, 6) is 0.956. The van der Waals surface area contributed by atoms with Crippen molar-refractivity contribution < 1.29 is 4.79 Å². The molecule has 1 aliphatic rings. The van der Waals surface area contributed by atoms with Crippen LogP contribution in [0.2, 0.25) is 0 Å². The Balaban J connectivity index is 1.71. The van der Waals surface area contributed by atoms with Crippen molar-refractivity contribution in [1.82, 2.24) is 20.2 Å². The quantitative estimate of drug-likeness (QED) is 0.861. The molecule has 1 atom stereocenters. The summed E-state index contributed by atoms with van der Waals surface area (Å²) in [4.78, 5) is 16.5. The first-order chi connectivity index (χ1) is 9.25. The molecule has 1 amide bonds. The Bertz CT molecular complexity index is 599. The van der Waals surface area contributed by atoms with Gasteiger partial charge >= 0.3 is 0 Å². The highest BCUT2D eigenvalue weighted by molar-refractivity contribution is 5.82. The van der Waals surface area contributed by atoms with Crippen molar-refractivity contribution in [3.8, 4) is 0 Å². The van der Waals surface area contributed by atoms with Gasteiger partial charge in [0.1, 0.15) is 5.82 Å². The number of hydrogen-bond donors (Lipinski definition) is 2. The van der Waals surface area contributed by atoms with E-state index in [1.54, 1.807) is 0 Å². The molecule has 1 saturated heterocycles. The third kappa shape index (κ3) is 2.33. The highest BCUT2D eigenvalue weighted by Crippen LogP contribution is 2.14. The highest BCUT2D eigenvalue weighted by Gasteiger charge is 2.21. The Labute approximate surface area is 112 Å². The molecule has 1 aliphatic heterocycles. The fraction of sp³-hybridized carbons (Fsp3) is 0.429. The van der Waals surface area contributed by atoms with Crippen LogP contribution in [-0.2, 0) is 18.4 Å². The van der Waals surface area contributed by atoms with E-state index < -0.39 is 0 Å². The van der Waals surface area contributed by atoms with E-state index in [0.717, 1.165) is 36.2 Å². The first kappa shape index (κ1) is 12.2. The van der Waals surface area contributed by atoms with Crippen LogP contribution in [0.5, 0.6) is 0 Å². The van der Waals surface area contributed by atoms with Crippen molar-refractivity contribution in [2.75, 3.05) is 6.54 Å². The maximum atomic E-state index is 11.9. The maximum absolute atomic E-state index is 11.9. The van der Waals surface area contributed by atoms with Crippen molar-refractivity contribution in [2.24, 2.45) is 7.05 Å². The minimum Gasteiger partial charge on any atom is -0.348 e. The lowest BCUT2D eigenvalue weighted by atomic mass is 10.2. The molecule has 0 radical (unpaired) electrons. The SMILES string of the molecule is Cn1c(CNC(=O)C2CCCN2)nc2ccccc21. The first-order valence-corrected chi connectivity index (χ1v) is 6.67. The molecule has 0 spiro atoms. The van der Waals surface area contributed by atoms with Gasteiger partial charge in [0.05, 0.1) is 23.6 Å². The van der Waals surface area contributed by atoms with Crippen LogP contribution in [-0.4, -0.2) is 28.0 Å². The molecule has 1 unspecified atom stereocenters. The van der Waals surface area contributed by atoms with Crippen molar-refractivity contribution in [3.63, 3.8) is 0 Å². The standard InChI is InChI=1S/C14H18N4O/c1-18-12-7-3-2-5-10(12)17-13(18)9-16-14(19)11-6-4-8-15-11/h2-3,5,7,11,15H,4,6,8-9H2,1H3,(H,16,19). The van der Waals surface area contributed by atoms with Gasteiger partial charge in [-0.25, -0.2) is 4.98 Å². The summed E-state index contributed by atoms with van der Waals surface area (Å²) in [6, 6.07) is 7.95. The third-order valence-electron chi connectivity index (χ3n) is 3.68. The second kappa shape index (κ2) is 5.01. The molecule has 1 fully saturated rings. The average molecular weight is 258 g/mol. The predicted molar refractivity (Wildman–Crippen MR) is 73.6 cm³/mol. The van der Waals surface area contributed by atoms with E-state index in [1.165, 1.54) is 0 Å². The smallest absolute Gasteiger partial charge is 0.237 e. The lowest BCUT2D eigenvalue weighted by Gasteiger charge is -2.10. The molecule has 0 aliphatic carbocycles. The zero-order valence-electron chi connectivity index (χ0n) is 11.0. The molecule has 2 aromatic rings. The zero-order valence-corrected chi connectivity index (χ0v) is 11.0. The van der Waals surface area contributed by atoms with E-state index in [4.69, 9.17) is 0 Å². The Morgan fingerprint density at radius 2 is 2.37 bits per heavy atom. The number of nitrogens with one attached hydrogen (secondary N) is 2. The molecule has 2 N–H and O–H groups in total. The summed E-state index contributed by atoms with van der Waals surface area (Å²) in [7, 11) is 1.98. The third-order valence-corrected chi connectivity index (χ3v) is 3.68. The van der Waals surface area contributed by atoms with E-state index in [0.29, 0.717) is 6.54 Å². The maximum Gasteiger partial charge on any atom is 0.237 e. The topological polar surface area (TPSA) is 59.0 Å². The summed E-state index contributed by atoms with van der Waals surface area (Å²) in [6.07, 6.45) is 2.00. The van der Waals surface area contributed by atoms with Gasteiger partial charge in [0.2, 0.25) is 5.91 Å². The zero-order chi connectivity index (χ0) is 13.2. The van der Waals surface area contributed by atoms with E-state index in [1.807, 2.05) is 35.9 Å². The van der Waals surface area contributed by atoms with Crippen LogP contribution in [0.3, 0.4) is 0 Å². The van der Waals surface area contributed by atoms with Crippen molar-refractivity contribution in [2.45, 2.75) is 25.4 Å². The number of para-hydroxylation sites is 2. The van der Waals surface area contributed by atoms with Gasteiger partial charge in [0.25, 0.3) is 0 Å². The molecule has 1 aromatic carbocycles. The second-order valence-corrected chi connectivity index (χ2v) is 4.94. The fourth-order valence-corrected chi connectivity index (χ4v) is 2.55. The second-order valence-electron chi connectivity index (χ2n) is 4.94. The van der Waals surface area contributed by atoms with Crippen LogP contribution in [0, 0.1) is 0 Å². The summed E-state index contributed by atoms with van der Waals surface area (Å²) >= 11 is 0. The van der Waals surface area contributed by atoms with Crippen LogP contribution in [0.1, 0.15) is 18.7 Å². The summed E-state index contributed by atoms with van der Waals surface area (Å²) in [5, 5.41) is 6.15. The Hall–Kier alpha value is -1.88. The average Bonchev–Trinajstić information content (AvgIpc) is 3.05. The number of amides is 1. The molecule has 5 nitrogen and oxygen atoms in total. The van der Waals surface area contributed by atoms with Gasteiger partial charge in [0, 0.05) is 7.05 Å². The Kier molecular flexibility index (Phi) is 3.21. The van der Waals surface area contributed by atoms with Crippen molar-refractivity contribution >= 4 is 16.9 Å². The number of carbonyl (C=O) groups excluding carboxylic acids is 1. The normalized spacial score (nSPS) is 18.9. The van der Waals surface area contributed by atoms with E-state index >= 15 is 0 Å². The molecule has 5 heteroatoms. The summed E-state index contributed by atoms with van der Waals surface area (Å²) in [5.41, 5.74) is 2.05. The van der Waals surface area contributed by atoms with Gasteiger partial charge in [-0.15, -0.1) is 0 Å². The molecular weight excluding hydrogens is 240 g/mol. The summed E-state index contributed by atoms with van der Waals surface area (Å²) in [6.45, 7) is 1.41.